The fourth-order valence-corrected chi connectivity index (χ4v) is 1.18. The maximum Gasteiger partial charge on any atom is 0.167 e. The highest BCUT2D eigenvalue weighted by Gasteiger charge is 2.08. The molecule has 17 heavy (non-hydrogen) atoms. The van der Waals surface area contributed by atoms with Gasteiger partial charge in [-0.05, 0) is 18.6 Å². The molecule has 0 aromatic heterocycles. The van der Waals surface area contributed by atoms with Crippen molar-refractivity contribution in [3.8, 4) is 12.1 Å². The average molecular weight is 249 g/mol. The Labute approximate surface area is 107 Å². The first-order chi connectivity index (χ1) is 8.12. The van der Waals surface area contributed by atoms with Crippen molar-refractivity contribution in [2.75, 3.05) is 7.11 Å². The molecule has 4 heteroatoms. The van der Waals surface area contributed by atoms with Crippen LogP contribution in [0.1, 0.15) is 13.3 Å². The quantitative estimate of drug-likeness (QED) is 0.424. The van der Waals surface area contributed by atoms with E-state index in [0.29, 0.717) is 17.2 Å². The first-order valence-electron chi connectivity index (χ1n) is 4.85. The third kappa shape index (κ3) is 5.06. The first-order valence-corrected chi connectivity index (χ1v) is 5.22. The SMILES string of the molecule is C=C/C(=C\C(Cl)=C/C)CC(OC)=C(C#N)C#N. The molecule has 0 rings (SSSR count). The van der Waals surface area contributed by atoms with E-state index in [-0.39, 0.29) is 5.57 Å². The van der Waals surface area contributed by atoms with Gasteiger partial charge in [-0.1, -0.05) is 30.3 Å². The summed E-state index contributed by atoms with van der Waals surface area (Å²) in [5, 5.41) is 18.1. The van der Waals surface area contributed by atoms with E-state index in [4.69, 9.17) is 26.9 Å². The van der Waals surface area contributed by atoms with Crippen LogP contribution in [0.2, 0.25) is 0 Å². The van der Waals surface area contributed by atoms with Crippen LogP contribution in [0.4, 0.5) is 0 Å². The van der Waals surface area contributed by atoms with Crippen LogP contribution in [-0.2, 0) is 4.74 Å². The second-order valence-electron chi connectivity index (χ2n) is 3.00. The van der Waals surface area contributed by atoms with Crippen LogP contribution in [0.25, 0.3) is 0 Å². The van der Waals surface area contributed by atoms with Gasteiger partial charge in [0.2, 0.25) is 0 Å². The number of nitriles is 2. The first kappa shape index (κ1) is 15.0. The Kier molecular flexibility index (Phi) is 7.26. The summed E-state index contributed by atoms with van der Waals surface area (Å²) < 4.78 is 5.03. The Hall–Kier alpha value is -1.97. The van der Waals surface area contributed by atoms with Crippen molar-refractivity contribution in [2.24, 2.45) is 0 Å². The highest BCUT2D eigenvalue weighted by molar-refractivity contribution is 6.31. The molecule has 0 amide bonds. The van der Waals surface area contributed by atoms with Gasteiger partial charge in [-0.15, -0.1) is 0 Å². The van der Waals surface area contributed by atoms with Crippen LogP contribution in [-0.4, -0.2) is 7.11 Å². The van der Waals surface area contributed by atoms with Crippen molar-refractivity contribution in [1.82, 2.24) is 0 Å². The molecule has 0 saturated heterocycles. The molecule has 0 aromatic carbocycles. The molecule has 0 atom stereocenters. The van der Waals surface area contributed by atoms with Crippen molar-refractivity contribution in [2.45, 2.75) is 13.3 Å². The molecule has 0 fully saturated rings. The lowest BCUT2D eigenvalue weighted by Gasteiger charge is -2.06. The molecule has 0 unspecified atom stereocenters. The predicted octanol–water partition coefficient (Wildman–Crippen LogP) is 3.58. The standard InChI is InChI=1S/C13H13ClN2O/c1-4-10(6-12(14)5-2)7-13(17-3)11(8-15)9-16/h4-6H,1,7H2,2-3H3/b10-6+,12-5+. The van der Waals surface area contributed by atoms with Crippen LogP contribution < -0.4 is 0 Å². The molecule has 0 radical (unpaired) electrons. The maximum atomic E-state index is 8.75. The summed E-state index contributed by atoms with van der Waals surface area (Å²) in [5.41, 5.74) is 0.727. The van der Waals surface area contributed by atoms with Crippen LogP contribution in [0.15, 0.2) is 46.7 Å². The molecule has 0 saturated carbocycles. The van der Waals surface area contributed by atoms with Crippen molar-refractivity contribution in [1.29, 1.82) is 10.5 Å². The van der Waals surface area contributed by atoms with Crippen molar-refractivity contribution in [3.63, 3.8) is 0 Å². The molecular weight excluding hydrogens is 236 g/mol. The van der Waals surface area contributed by atoms with E-state index in [9.17, 15) is 0 Å². The molecule has 0 heterocycles. The number of hydrogen-bond donors (Lipinski definition) is 0. The number of ether oxygens (including phenoxy) is 1. The largest absolute Gasteiger partial charge is 0.499 e. The predicted molar refractivity (Wildman–Crippen MR) is 67.8 cm³/mol. The summed E-state index contributed by atoms with van der Waals surface area (Å²) in [6.07, 6.45) is 5.36. The molecule has 3 nitrogen and oxygen atoms in total. The second-order valence-corrected chi connectivity index (χ2v) is 3.44. The van der Waals surface area contributed by atoms with Crippen LogP contribution in [0.3, 0.4) is 0 Å². The number of allylic oxidation sites excluding steroid dienone is 6. The molecule has 88 valence electrons. The Bertz CT molecular complexity index is 443. The fraction of sp³-hybridized carbons (Fsp3) is 0.231. The second kappa shape index (κ2) is 8.21. The summed E-state index contributed by atoms with van der Waals surface area (Å²) >= 11 is 5.86. The Morgan fingerprint density at radius 3 is 2.35 bits per heavy atom. The lowest BCUT2D eigenvalue weighted by molar-refractivity contribution is 0.282. The smallest absolute Gasteiger partial charge is 0.167 e. The van der Waals surface area contributed by atoms with Crippen LogP contribution in [0.5, 0.6) is 0 Å². The van der Waals surface area contributed by atoms with Gasteiger partial charge in [0.15, 0.2) is 5.57 Å². The highest BCUT2D eigenvalue weighted by Crippen LogP contribution is 2.19. The van der Waals surface area contributed by atoms with Gasteiger partial charge in [-0.25, -0.2) is 0 Å². The minimum atomic E-state index is -0.0446. The average Bonchev–Trinajstić information content (AvgIpc) is 2.37. The zero-order valence-electron chi connectivity index (χ0n) is 9.83. The zero-order valence-corrected chi connectivity index (χ0v) is 10.6. The van der Waals surface area contributed by atoms with E-state index >= 15 is 0 Å². The van der Waals surface area contributed by atoms with E-state index in [1.807, 2.05) is 6.92 Å². The third-order valence-corrected chi connectivity index (χ3v) is 2.30. The van der Waals surface area contributed by atoms with Crippen molar-refractivity contribution in [3.05, 3.63) is 46.7 Å². The summed E-state index contributed by atoms with van der Waals surface area (Å²) in [7, 11) is 1.42. The molecule has 0 bridgehead atoms. The van der Waals surface area contributed by atoms with Gasteiger partial charge in [-0.2, -0.15) is 10.5 Å². The molecule has 0 aliphatic rings. The van der Waals surface area contributed by atoms with Gasteiger partial charge in [-0.3, -0.25) is 0 Å². The van der Waals surface area contributed by atoms with Gasteiger partial charge in [0.05, 0.1) is 7.11 Å². The monoisotopic (exact) mass is 248 g/mol. The van der Waals surface area contributed by atoms with E-state index in [2.05, 4.69) is 6.58 Å². The molecule has 0 spiro atoms. The Morgan fingerprint density at radius 2 is 2.00 bits per heavy atom. The topological polar surface area (TPSA) is 56.8 Å². The lowest BCUT2D eigenvalue weighted by Crippen LogP contribution is -1.94. The molecule has 0 N–H and O–H groups in total. The van der Waals surface area contributed by atoms with E-state index in [0.717, 1.165) is 5.57 Å². The normalized spacial score (nSPS) is 11.1. The minimum absolute atomic E-state index is 0.0446. The number of hydrogen-bond acceptors (Lipinski definition) is 3. The number of rotatable bonds is 5. The molecular formula is C13H13ClN2O. The van der Waals surface area contributed by atoms with E-state index in [1.165, 1.54) is 7.11 Å². The number of methoxy groups -OCH3 is 1. The summed E-state index contributed by atoms with van der Waals surface area (Å²) in [5.74, 6) is 0.307. The zero-order chi connectivity index (χ0) is 13.3. The van der Waals surface area contributed by atoms with Crippen LogP contribution >= 0.6 is 11.6 Å². The maximum absolute atomic E-state index is 8.75. The molecule has 0 aliphatic carbocycles. The third-order valence-electron chi connectivity index (χ3n) is 1.97. The highest BCUT2D eigenvalue weighted by atomic mass is 35.5. The minimum Gasteiger partial charge on any atom is -0.499 e. The van der Waals surface area contributed by atoms with Gasteiger partial charge in [0.25, 0.3) is 0 Å². The molecule has 0 aromatic rings. The lowest BCUT2D eigenvalue weighted by atomic mass is 10.1. The summed E-state index contributed by atoms with van der Waals surface area (Å²) in [6.45, 7) is 5.46. The van der Waals surface area contributed by atoms with Gasteiger partial charge in [0, 0.05) is 11.5 Å². The Morgan fingerprint density at radius 1 is 1.41 bits per heavy atom. The molecule has 0 aliphatic heterocycles. The van der Waals surface area contributed by atoms with E-state index in [1.54, 1.807) is 30.4 Å². The fourth-order valence-electron chi connectivity index (χ4n) is 1.04. The summed E-state index contributed by atoms with van der Waals surface area (Å²) in [6, 6.07) is 3.57. The van der Waals surface area contributed by atoms with Gasteiger partial charge >= 0.3 is 0 Å². The van der Waals surface area contributed by atoms with Crippen LogP contribution in [0, 0.1) is 22.7 Å². The summed E-state index contributed by atoms with van der Waals surface area (Å²) in [4.78, 5) is 0. The van der Waals surface area contributed by atoms with Crippen molar-refractivity contribution >= 4 is 11.6 Å². The van der Waals surface area contributed by atoms with Gasteiger partial charge in [0.1, 0.15) is 17.9 Å². The van der Waals surface area contributed by atoms with E-state index < -0.39 is 0 Å². The van der Waals surface area contributed by atoms with Gasteiger partial charge < -0.3 is 4.74 Å². The number of nitrogens with zero attached hydrogens (tertiary/aromatic N) is 2. The van der Waals surface area contributed by atoms with Crippen molar-refractivity contribution < 1.29 is 4.74 Å². The number of halogens is 1. The Balaban J connectivity index is 5.23.